The molecule has 0 saturated carbocycles. The van der Waals surface area contributed by atoms with Crippen molar-refractivity contribution in [3.63, 3.8) is 0 Å². The number of nitrogens with one attached hydrogen (secondary N) is 2. The Kier molecular flexibility index (Phi) is 7.72. The van der Waals surface area contributed by atoms with Crippen molar-refractivity contribution in [3.8, 4) is 0 Å². The summed E-state index contributed by atoms with van der Waals surface area (Å²) < 4.78 is 1.78. The minimum Gasteiger partial charge on any atom is -0.370 e. The third-order valence-electron chi connectivity index (χ3n) is 5.80. The number of hydrogen-bond acceptors (Lipinski definition) is 4. The zero-order valence-electron chi connectivity index (χ0n) is 20.1. The van der Waals surface area contributed by atoms with Crippen molar-refractivity contribution in [2.75, 3.05) is 20.1 Å². The van der Waals surface area contributed by atoms with Gasteiger partial charge >= 0.3 is 0 Å². The number of para-hydroxylation sites is 1. The third-order valence-corrected chi connectivity index (χ3v) is 6.14. The zero-order chi connectivity index (χ0) is 24.8. The molecule has 0 aliphatic rings. The predicted molar refractivity (Wildman–Crippen MR) is 147 cm³/mol. The number of benzene rings is 2. The summed E-state index contributed by atoms with van der Waals surface area (Å²) in [5.74, 6) is 1.57. The van der Waals surface area contributed by atoms with Crippen LogP contribution in [-0.4, -0.2) is 59.8 Å². The number of H-pyrrole nitrogens is 1. The summed E-state index contributed by atoms with van der Waals surface area (Å²) in [6.45, 7) is 3.25. The quantitative estimate of drug-likeness (QED) is 0.216. The lowest BCUT2D eigenvalue weighted by atomic mass is 10.00. The van der Waals surface area contributed by atoms with Crippen molar-refractivity contribution in [1.29, 1.82) is 0 Å². The molecule has 4 rings (SSSR count). The predicted octanol–water partition coefficient (Wildman–Crippen LogP) is 3.60. The molecule has 2 aromatic heterocycles. The first-order chi connectivity index (χ1) is 17.0. The maximum Gasteiger partial charge on any atom is 0.255 e. The average molecular weight is 487 g/mol. The van der Waals surface area contributed by atoms with Gasteiger partial charge in [-0.3, -0.25) is 4.79 Å². The van der Waals surface area contributed by atoms with Crippen LogP contribution in [0.4, 0.5) is 5.82 Å². The molecule has 2 aromatic carbocycles. The number of amides is 1. The Morgan fingerprint density at radius 1 is 1.26 bits per heavy atom. The minimum atomic E-state index is 0.00704. The molecule has 9 heteroatoms. The largest absolute Gasteiger partial charge is 0.370 e. The van der Waals surface area contributed by atoms with Gasteiger partial charge in [-0.15, -0.1) is 0 Å². The van der Waals surface area contributed by atoms with E-state index >= 15 is 0 Å². The number of carbonyl (C=O) groups is 1. The Hall–Kier alpha value is -3.78. The minimum absolute atomic E-state index is 0.00704. The van der Waals surface area contributed by atoms with Crippen molar-refractivity contribution < 1.29 is 4.79 Å². The first-order valence-electron chi connectivity index (χ1n) is 11.5. The molecule has 0 unspecified atom stereocenters. The van der Waals surface area contributed by atoms with Crippen molar-refractivity contribution in [1.82, 2.24) is 25.0 Å². The Morgan fingerprint density at radius 3 is 2.83 bits per heavy atom. The van der Waals surface area contributed by atoms with Gasteiger partial charge < -0.3 is 15.2 Å². The van der Waals surface area contributed by atoms with Gasteiger partial charge in [-0.1, -0.05) is 48.0 Å². The second-order valence-corrected chi connectivity index (χ2v) is 8.68. The molecule has 0 saturated heterocycles. The fraction of sp³-hybridized carbons (Fsp3) is 0.192. The molecule has 178 valence electrons. The van der Waals surface area contributed by atoms with E-state index in [-0.39, 0.29) is 5.91 Å². The highest BCUT2D eigenvalue weighted by atomic mass is 35.5. The molecular formula is C26H28BClN6O. The summed E-state index contributed by atoms with van der Waals surface area (Å²) in [6.07, 6.45) is 8.06. The lowest BCUT2D eigenvalue weighted by molar-refractivity contribution is 0.0796. The lowest BCUT2D eigenvalue weighted by Crippen LogP contribution is -2.30. The van der Waals surface area contributed by atoms with Gasteiger partial charge in [0.25, 0.3) is 5.91 Å². The maximum atomic E-state index is 12.9. The number of aromatic nitrogens is 3. The lowest BCUT2D eigenvalue weighted by Gasteiger charge is -2.18. The van der Waals surface area contributed by atoms with Crippen LogP contribution in [0.2, 0.25) is 5.02 Å². The topological polar surface area (TPSA) is 78.3 Å². The van der Waals surface area contributed by atoms with E-state index in [1.165, 1.54) is 0 Å². The molecule has 0 bridgehead atoms. The SMILES string of the molecule is Bc1cnn(/C(=C\C)NCCCN(C)C(=O)c2c[nH]c3ccccc23)c1/N=C/c1ccccc1Cl. The second-order valence-electron chi connectivity index (χ2n) is 8.27. The molecule has 2 heterocycles. The van der Waals surface area contributed by atoms with E-state index in [4.69, 9.17) is 11.6 Å². The van der Waals surface area contributed by atoms with E-state index in [0.29, 0.717) is 23.7 Å². The van der Waals surface area contributed by atoms with Crippen molar-refractivity contribution in [2.45, 2.75) is 13.3 Å². The molecular weight excluding hydrogens is 459 g/mol. The molecule has 7 nitrogen and oxygen atoms in total. The fourth-order valence-electron chi connectivity index (χ4n) is 3.85. The van der Waals surface area contributed by atoms with Gasteiger partial charge in [-0.2, -0.15) is 5.10 Å². The van der Waals surface area contributed by atoms with E-state index < -0.39 is 0 Å². The third kappa shape index (κ3) is 5.49. The van der Waals surface area contributed by atoms with Crippen LogP contribution in [0.1, 0.15) is 29.3 Å². The summed E-state index contributed by atoms with van der Waals surface area (Å²) in [5.41, 5.74) is 3.46. The number of hydrogen-bond donors (Lipinski definition) is 2. The number of carbonyl (C=O) groups excluding carboxylic acids is 1. The van der Waals surface area contributed by atoms with Crippen LogP contribution in [-0.2, 0) is 0 Å². The summed E-state index contributed by atoms with van der Waals surface area (Å²) >= 11 is 6.26. The van der Waals surface area contributed by atoms with Gasteiger partial charge in [0.1, 0.15) is 13.7 Å². The molecule has 4 aromatic rings. The highest BCUT2D eigenvalue weighted by Crippen LogP contribution is 2.19. The average Bonchev–Trinajstić information content (AvgIpc) is 3.46. The Bertz CT molecular complexity index is 1390. The van der Waals surface area contributed by atoms with Gasteiger partial charge in [0, 0.05) is 60.2 Å². The van der Waals surface area contributed by atoms with E-state index in [9.17, 15) is 4.79 Å². The number of halogens is 1. The van der Waals surface area contributed by atoms with E-state index in [1.54, 1.807) is 28.2 Å². The Balaban J connectivity index is 1.36. The van der Waals surface area contributed by atoms with Crippen LogP contribution in [0.3, 0.4) is 0 Å². The monoisotopic (exact) mass is 486 g/mol. The van der Waals surface area contributed by atoms with Gasteiger partial charge in [0.05, 0.1) is 5.56 Å². The van der Waals surface area contributed by atoms with Gasteiger partial charge in [-0.05, 0) is 37.0 Å². The molecule has 0 radical (unpaired) electrons. The van der Waals surface area contributed by atoms with Crippen molar-refractivity contribution in [2.24, 2.45) is 4.99 Å². The van der Waals surface area contributed by atoms with Gasteiger partial charge in [0.2, 0.25) is 0 Å². The highest BCUT2D eigenvalue weighted by molar-refractivity contribution is 6.35. The Labute approximate surface area is 210 Å². The van der Waals surface area contributed by atoms with Crippen LogP contribution in [0.5, 0.6) is 0 Å². The summed E-state index contributed by atoms with van der Waals surface area (Å²) in [5, 5.41) is 9.51. The van der Waals surface area contributed by atoms with E-state index in [0.717, 1.165) is 40.0 Å². The number of aromatic amines is 1. The fourth-order valence-corrected chi connectivity index (χ4v) is 4.04. The summed E-state index contributed by atoms with van der Waals surface area (Å²) in [7, 11) is 3.81. The number of nitrogens with zero attached hydrogens (tertiary/aromatic N) is 4. The molecule has 1 amide bonds. The van der Waals surface area contributed by atoms with Gasteiger partial charge in [-0.25, -0.2) is 9.67 Å². The molecule has 0 aliphatic carbocycles. The molecule has 0 aliphatic heterocycles. The normalized spacial score (nSPS) is 11.9. The van der Waals surface area contributed by atoms with Crippen molar-refractivity contribution >= 4 is 59.6 Å². The number of aliphatic imine (C=N–C) groups is 1. The summed E-state index contributed by atoms with van der Waals surface area (Å²) in [4.78, 5) is 22.5. The smallest absolute Gasteiger partial charge is 0.255 e. The first-order valence-corrected chi connectivity index (χ1v) is 11.9. The number of rotatable bonds is 9. The molecule has 0 atom stereocenters. The van der Waals surface area contributed by atoms with Crippen molar-refractivity contribution in [3.05, 3.63) is 83.2 Å². The first kappa shape index (κ1) is 24.4. The van der Waals surface area contributed by atoms with E-state index in [1.807, 2.05) is 76.4 Å². The standard InChI is InChI=1S/C26H28BClN6O/c1-3-24(34-25(21(27)17-32-34)31-15-18-9-4-6-11-22(18)28)29-13-8-14-33(2)26(35)20-16-30-23-12-7-5-10-19(20)23/h3-7,9-12,15-17,29-30H,8,13-14,27H2,1-2H3/b24-3-,31-15+. The molecule has 0 spiro atoms. The molecule has 2 N–H and O–H groups in total. The van der Waals surface area contributed by atoms with Crippen LogP contribution < -0.4 is 10.8 Å². The van der Waals surface area contributed by atoms with Crippen LogP contribution in [0.15, 0.2) is 72.0 Å². The maximum absolute atomic E-state index is 12.9. The highest BCUT2D eigenvalue weighted by Gasteiger charge is 2.16. The van der Waals surface area contributed by atoms with E-state index in [2.05, 4.69) is 20.4 Å². The molecule has 35 heavy (non-hydrogen) atoms. The Morgan fingerprint density at radius 2 is 2.03 bits per heavy atom. The summed E-state index contributed by atoms with van der Waals surface area (Å²) in [6, 6.07) is 15.4. The van der Waals surface area contributed by atoms with Crippen LogP contribution >= 0.6 is 11.6 Å². The number of fused-ring (bicyclic) bond motifs is 1. The molecule has 0 fully saturated rings. The second kappa shape index (κ2) is 11.1. The van der Waals surface area contributed by atoms with Crippen LogP contribution in [0, 0.1) is 0 Å². The number of allylic oxidation sites excluding steroid dienone is 1. The zero-order valence-corrected chi connectivity index (χ0v) is 20.9. The van der Waals surface area contributed by atoms with Crippen LogP contribution in [0.25, 0.3) is 16.7 Å². The van der Waals surface area contributed by atoms with Gasteiger partial charge in [0.15, 0.2) is 5.82 Å².